The highest BCUT2D eigenvalue weighted by atomic mass is 19.2. The van der Waals surface area contributed by atoms with Crippen molar-refractivity contribution in [1.82, 2.24) is 4.98 Å². The number of halogens is 4. The summed E-state index contributed by atoms with van der Waals surface area (Å²) in [6.45, 7) is 1.82. The molecule has 0 aliphatic carbocycles. The number of nitrogens with zero attached hydrogens (tertiary/aromatic N) is 1. The Morgan fingerprint density at radius 2 is 1.79 bits per heavy atom. The maximum absolute atomic E-state index is 13.1. The number of esters is 1. The van der Waals surface area contributed by atoms with Crippen molar-refractivity contribution < 1.29 is 27.1 Å². The zero-order chi connectivity index (χ0) is 14.4. The van der Waals surface area contributed by atoms with Crippen molar-refractivity contribution in [1.29, 1.82) is 0 Å². The number of hydrogen-bond acceptors (Lipinski definition) is 4. The van der Waals surface area contributed by atoms with E-state index in [0.29, 0.717) is 6.42 Å². The molecule has 1 heterocycles. The Morgan fingerprint density at radius 1 is 1.21 bits per heavy atom. The van der Waals surface area contributed by atoms with E-state index < -0.39 is 35.2 Å². The molecule has 8 heteroatoms. The van der Waals surface area contributed by atoms with Crippen LogP contribution in [-0.4, -0.2) is 24.1 Å². The molecular weight excluding hydrogens is 268 g/mol. The van der Waals surface area contributed by atoms with E-state index >= 15 is 0 Å². The lowest BCUT2D eigenvalue weighted by Crippen LogP contribution is -2.15. The minimum atomic E-state index is -1.75. The number of carbonyl (C=O) groups is 1. The van der Waals surface area contributed by atoms with Crippen LogP contribution in [0.3, 0.4) is 0 Å². The summed E-state index contributed by atoms with van der Waals surface area (Å²) in [5.74, 6) is -7.36. The molecule has 1 aromatic heterocycles. The van der Waals surface area contributed by atoms with Crippen LogP contribution in [0.1, 0.15) is 19.8 Å². The lowest BCUT2D eigenvalue weighted by Gasteiger charge is -2.09. The van der Waals surface area contributed by atoms with Gasteiger partial charge in [0, 0.05) is 6.54 Å². The maximum atomic E-state index is 13.1. The number of pyridine rings is 1. The van der Waals surface area contributed by atoms with E-state index in [1.807, 2.05) is 0 Å². The number of anilines is 1. The van der Waals surface area contributed by atoms with Gasteiger partial charge in [-0.3, -0.25) is 4.79 Å². The van der Waals surface area contributed by atoms with Crippen LogP contribution in [0.25, 0.3) is 0 Å². The summed E-state index contributed by atoms with van der Waals surface area (Å²) < 4.78 is 56.5. The highest BCUT2D eigenvalue weighted by Crippen LogP contribution is 2.21. The molecule has 0 saturated heterocycles. The predicted octanol–water partition coefficient (Wildman–Crippen LogP) is 2.39. The zero-order valence-corrected chi connectivity index (χ0v) is 10.1. The third-order valence-corrected chi connectivity index (χ3v) is 2.10. The van der Waals surface area contributed by atoms with Gasteiger partial charge in [-0.05, 0) is 6.42 Å². The van der Waals surface area contributed by atoms with Gasteiger partial charge in [-0.1, -0.05) is 6.92 Å². The number of aromatic nitrogens is 1. The van der Waals surface area contributed by atoms with Gasteiger partial charge in [0.1, 0.15) is 5.69 Å². The fraction of sp³-hybridized carbons (Fsp3) is 0.455. The summed E-state index contributed by atoms with van der Waals surface area (Å²) in [5, 5.41) is 2.10. The highest BCUT2D eigenvalue weighted by Gasteiger charge is 2.20. The fourth-order valence-corrected chi connectivity index (χ4v) is 1.22. The van der Waals surface area contributed by atoms with Crippen molar-refractivity contribution in [3.05, 3.63) is 23.5 Å². The second-order valence-corrected chi connectivity index (χ2v) is 3.59. The molecule has 0 atom stereocenters. The molecule has 0 unspecified atom stereocenters. The molecule has 0 fully saturated rings. The van der Waals surface area contributed by atoms with Gasteiger partial charge >= 0.3 is 5.97 Å². The topological polar surface area (TPSA) is 51.2 Å². The summed E-state index contributed by atoms with van der Waals surface area (Å²) in [7, 11) is 0. The van der Waals surface area contributed by atoms with E-state index in [4.69, 9.17) is 4.74 Å². The second kappa shape index (κ2) is 6.91. The first-order chi connectivity index (χ1) is 8.97. The van der Waals surface area contributed by atoms with Crippen LogP contribution >= 0.6 is 0 Å². The Hall–Kier alpha value is -1.86. The first kappa shape index (κ1) is 15.2. The van der Waals surface area contributed by atoms with Gasteiger partial charge in [0.25, 0.3) is 11.9 Å². The summed E-state index contributed by atoms with van der Waals surface area (Å²) in [6, 6.07) is 0. The van der Waals surface area contributed by atoms with Crippen molar-refractivity contribution in [2.45, 2.75) is 19.8 Å². The largest absolute Gasteiger partial charge is 0.466 e. The molecule has 0 aliphatic heterocycles. The molecule has 4 nitrogen and oxygen atoms in total. The van der Waals surface area contributed by atoms with Crippen LogP contribution in [0.2, 0.25) is 0 Å². The number of carbonyl (C=O) groups excluding carboxylic acids is 1. The predicted molar refractivity (Wildman–Crippen MR) is 58.4 cm³/mol. The van der Waals surface area contributed by atoms with E-state index in [2.05, 4.69) is 10.3 Å². The molecule has 1 N–H and O–H groups in total. The first-order valence-electron chi connectivity index (χ1n) is 5.56. The van der Waals surface area contributed by atoms with E-state index in [9.17, 15) is 22.4 Å². The standard InChI is InChI=1S/C11H12F4N2O2/c1-2-5-19-6(18)3-4-16-9-7(12)10(14)17-11(15)8(9)13/h2-5H2,1H3,(H,16,17). The Kier molecular flexibility index (Phi) is 5.53. The van der Waals surface area contributed by atoms with Crippen LogP contribution in [0, 0.1) is 23.5 Å². The summed E-state index contributed by atoms with van der Waals surface area (Å²) >= 11 is 0. The van der Waals surface area contributed by atoms with Gasteiger partial charge < -0.3 is 10.1 Å². The molecule has 0 radical (unpaired) electrons. The van der Waals surface area contributed by atoms with Crippen molar-refractivity contribution >= 4 is 11.7 Å². The quantitative estimate of drug-likeness (QED) is 0.494. The molecule has 1 aromatic rings. The van der Waals surface area contributed by atoms with Crippen LogP contribution in [0.15, 0.2) is 0 Å². The minimum Gasteiger partial charge on any atom is -0.466 e. The Labute approximate surface area is 106 Å². The van der Waals surface area contributed by atoms with E-state index in [1.165, 1.54) is 0 Å². The van der Waals surface area contributed by atoms with Crippen LogP contribution in [0.5, 0.6) is 0 Å². The Bertz CT molecular complexity index is 442. The molecule has 0 amide bonds. The SMILES string of the molecule is CCCOC(=O)CCNc1c(F)c(F)nc(F)c1F. The third kappa shape index (κ3) is 4.08. The molecule has 1 rings (SSSR count). The second-order valence-electron chi connectivity index (χ2n) is 3.59. The van der Waals surface area contributed by atoms with Crippen LogP contribution in [-0.2, 0) is 9.53 Å². The number of hydrogen-bond donors (Lipinski definition) is 1. The van der Waals surface area contributed by atoms with Gasteiger partial charge in [-0.25, -0.2) is 0 Å². The number of ether oxygens (including phenoxy) is 1. The molecule has 106 valence electrons. The normalized spacial score (nSPS) is 10.4. The lowest BCUT2D eigenvalue weighted by atomic mass is 10.3. The molecule has 19 heavy (non-hydrogen) atoms. The average molecular weight is 280 g/mol. The van der Waals surface area contributed by atoms with E-state index in [0.717, 1.165) is 0 Å². The molecule has 0 bridgehead atoms. The third-order valence-electron chi connectivity index (χ3n) is 2.10. The molecule has 0 aromatic carbocycles. The average Bonchev–Trinajstić information content (AvgIpc) is 2.38. The molecule has 0 spiro atoms. The zero-order valence-electron chi connectivity index (χ0n) is 10.1. The van der Waals surface area contributed by atoms with Crippen molar-refractivity contribution in [3.63, 3.8) is 0 Å². The molecule has 0 saturated carbocycles. The Morgan fingerprint density at radius 3 is 2.32 bits per heavy atom. The van der Waals surface area contributed by atoms with Crippen molar-refractivity contribution in [2.24, 2.45) is 0 Å². The van der Waals surface area contributed by atoms with Gasteiger partial charge in [-0.15, -0.1) is 0 Å². The monoisotopic (exact) mass is 280 g/mol. The summed E-state index contributed by atoms with van der Waals surface area (Å²) in [6.07, 6.45) is 0.452. The van der Waals surface area contributed by atoms with Crippen LogP contribution in [0.4, 0.5) is 23.2 Å². The highest BCUT2D eigenvalue weighted by molar-refractivity contribution is 5.70. The van der Waals surface area contributed by atoms with Gasteiger partial charge in [0.15, 0.2) is 0 Å². The van der Waals surface area contributed by atoms with E-state index in [1.54, 1.807) is 6.92 Å². The summed E-state index contributed by atoms with van der Waals surface area (Å²) in [5.41, 5.74) is -0.992. The molecular formula is C11H12F4N2O2. The lowest BCUT2D eigenvalue weighted by molar-refractivity contribution is -0.143. The van der Waals surface area contributed by atoms with Crippen molar-refractivity contribution in [3.8, 4) is 0 Å². The number of nitrogens with one attached hydrogen (secondary N) is 1. The first-order valence-corrected chi connectivity index (χ1v) is 5.56. The Balaban J connectivity index is 2.61. The van der Waals surface area contributed by atoms with Crippen LogP contribution < -0.4 is 5.32 Å². The van der Waals surface area contributed by atoms with Gasteiger partial charge in [-0.2, -0.15) is 22.5 Å². The van der Waals surface area contributed by atoms with Gasteiger partial charge in [0.05, 0.1) is 13.0 Å². The minimum absolute atomic E-state index is 0.190. The summed E-state index contributed by atoms with van der Waals surface area (Å²) in [4.78, 5) is 13.5. The van der Waals surface area contributed by atoms with E-state index in [-0.39, 0.29) is 19.6 Å². The smallest absolute Gasteiger partial charge is 0.307 e. The number of rotatable bonds is 6. The maximum Gasteiger partial charge on any atom is 0.307 e. The molecule has 0 aliphatic rings. The van der Waals surface area contributed by atoms with Crippen molar-refractivity contribution in [2.75, 3.05) is 18.5 Å². The van der Waals surface area contributed by atoms with Gasteiger partial charge in [0.2, 0.25) is 11.6 Å². The fourth-order valence-electron chi connectivity index (χ4n) is 1.22.